The third-order valence-corrected chi connectivity index (χ3v) is 4.36. The van der Waals surface area contributed by atoms with Crippen molar-refractivity contribution in [1.29, 1.82) is 0 Å². The molecule has 0 aromatic carbocycles. The van der Waals surface area contributed by atoms with Crippen LogP contribution in [0.25, 0.3) is 0 Å². The number of carbonyl (C=O) groups excluding carboxylic acids is 1. The van der Waals surface area contributed by atoms with E-state index in [1.807, 2.05) is 13.8 Å². The number of carboxylic acids is 1. The van der Waals surface area contributed by atoms with Gasteiger partial charge in [0.25, 0.3) is 0 Å². The molecule has 0 aromatic rings. The average Bonchev–Trinajstić information content (AvgIpc) is 2.72. The molecule has 0 spiro atoms. The Morgan fingerprint density at radius 3 is 2.30 bits per heavy atom. The molecule has 1 fully saturated rings. The standard InChI is InChI=1S/C15H28N2O3/c1-5-6-13(15(19)20)9-16-14(18)12(4)17-10(2)7-8-11(17)3/h10-13H,5-9H2,1-4H3,(H,16,18)(H,19,20). The second-order valence-electron chi connectivity index (χ2n) is 5.97. The summed E-state index contributed by atoms with van der Waals surface area (Å²) in [5.41, 5.74) is 0. The van der Waals surface area contributed by atoms with Gasteiger partial charge < -0.3 is 10.4 Å². The SMILES string of the molecule is CCCC(CNC(=O)C(C)N1C(C)CCC1C)C(=O)O. The van der Waals surface area contributed by atoms with Crippen molar-refractivity contribution < 1.29 is 14.7 Å². The van der Waals surface area contributed by atoms with Gasteiger partial charge in [0.05, 0.1) is 12.0 Å². The Labute approximate surface area is 121 Å². The highest BCUT2D eigenvalue weighted by atomic mass is 16.4. The minimum atomic E-state index is -0.831. The maximum atomic E-state index is 12.2. The lowest BCUT2D eigenvalue weighted by atomic mass is 10.0. The van der Waals surface area contributed by atoms with Crippen LogP contribution in [0.15, 0.2) is 0 Å². The number of hydrogen-bond donors (Lipinski definition) is 2. The molecule has 5 heteroatoms. The Balaban J connectivity index is 2.51. The van der Waals surface area contributed by atoms with Crippen molar-refractivity contribution >= 4 is 11.9 Å². The van der Waals surface area contributed by atoms with E-state index >= 15 is 0 Å². The molecule has 5 nitrogen and oxygen atoms in total. The van der Waals surface area contributed by atoms with Gasteiger partial charge in [0.2, 0.25) is 5.91 Å². The van der Waals surface area contributed by atoms with Crippen LogP contribution in [0.4, 0.5) is 0 Å². The van der Waals surface area contributed by atoms with E-state index in [2.05, 4.69) is 24.1 Å². The zero-order valence-electron chi connectivity index (χ0n) is 13.1. The van der Waals surface area contributed by atoms with Gasteiger partial charge in [-0.1, -0.05) is 13.3 Å². The van der Waals surface area contributed by atoms with Crippen molar-refractivity contribution in [3.8, 4) is 0 Å². The van der Waals surface area contributed by atoms with Crippen LogP contribution in [0.3, 0.4) is 0 Å². The number of rotatable bonds is 7. The van der Waals surface area contributed by atoms with Crippen molar-refractivity contribution in [2.24, 2.45) is 5.92 Å². The fourth-order valence-corrected chi connectivity index (χ4v) is 3.15. The van der Waals surface area contributed by atoms with Crippen LogP contribution < -0.4 is 5.32 Å². The molecule has 0 saturated carbocycles. The van der Waals surface area contributed by atoms with Crippen LogP contribution in [0.1, 0.15) is 53.4 Å². The molecule has 1 rings (SSSR count). The normalized spacial score (nSPS) is 26.2. The maximum absolute atomic E-state index is 12.2. The van der Waals surface area contributed by atoms with E-state index in [4.69, 9.17) is 5.11 Å². The van der Waals surface area contributed by atoms with Crippen molar-refractivity contribution in [3.63, 3.8) is 0 Å². The van der Waals surface area contributed by atoms with Crippen molar-refractivity contribution in [1.82, 2.24) is 10.2 Å². The number of carbonyl (C=O) groups is 2. The Morgan fingerprint density at radius 1 is 1.30 bits per heavy atom. The second-order valence-corrected chi connectivity index (χ2v) is 5.97. The van der Waals surface area contributed by atoms with Gasteiger partial charge in [-0.2, -0.15) is 0 Å². The van der Waals surface area contributed by atoms with Crippen LogP contribution in [-0.4, -0.2) is 46.6 Å². The van der Waals surface area contributed by atoms with E-state index in [1.165, 1.54) is 0 Å². The number of nitrogens with zero attached hydrogens (tertiary/aromatic N) is 1. The molecular formula is C15H28N2O3. The molecule has 4 unspecified atom stereocenters. The third kappa shape index (κ3) is 4.20. The highest BCUT2D eigenvalue weighted by molar-refractivity contribution is 5.82. The van der Waals surface area contributed by atoms with Crippen LogP contribution in [0.5, 0.6) is 0 Å². The summed E-state index contributed by atoms with van der Waals surface area (Å²) in [6.07, 6.45) is 3.64. The Morgan fingerprint density at radius 2 is 1.85 bits per heavy atom. The minimum absolute atomic E-state index is 0.0621. The Hall–Kier alpha value is -1.10. The van der Waals surface area contributed by atoms with Gasteiger partial charge in [-0.05, 0) is 40.0 Å². The van der Waals surface area contributed by atoms with E-state index in [-0.39, 0.29) is 18.5 Å². The highest BCUT2D eigenvalue weighted by Crippen LogP contribution is 2.25. The van der Waals surface area contributed by atoms with Gasteiger partial charge in [0.1, 0.15) is 0 Å². The molecule has 0 aliphatic carbocycles. The lowest BCUT2D eigenvalue weighted by Gasteiger charge is -2.31. The van der Waals surface area contributed by atoms with E-state index in [0.717, 1.165) is 19.3 Å². The van der Waals surface area contributed by atoms with Gasteiger partial charge in [-0.25, -0.2) is 0 Å². The summed E-state index contributed by atoms with van der Waals surface area (Å²) >= 11 is 0. The maximum Gasteiger partial charge on any atom is 0.308 e. The van der Waals surface area contributed by atoms with Crippen LogP contribution >= 0.6 is 0 Å². The molecule has 116 valence electrons. The van der Waals surface area contributed by atoms with Gasteiger partial charge in [0.15, 0.2) is 0 Å². The number of aliphatic carboxylic acids is 1. The van der Waals surface area contributed by atoms with Crippen LogP contribution in [-0.2, 0) is 9.59 Å². The number of nitrogens with one attached hydrogen (secondary N) is 1. The predicted octanol–water partition coefficient (Wildman–Crippen LogP) is 1.86. The summed E-state index contributed by atoms with van der Waals surface area (Å²) < 4.78 is 0. The molecule has 1 saturated heterocycles. The summed E-state index contributed by atoms with van der Waals surface area (Å²) in [6.45, 7) is 8.37. The average molecular weight is 284 g/mol. The van der Waals surface area contributed by atoms with Gasteiger partial charge in [0, 0.05) is 18.6 Å². The lowest BCUT2D eigenvalue weighted by molar-refractivity contribution is -0.142. The van der Waals surface area contributed by atoms with Crippen molar-refractivity contribution in [2.45, 2.75) is 71.5 Å². The molecule has 20 heavy (non-hydrogen) atoms. The quantitative estimate of drug-likeness (QED) is 0.749. The summed E-state index contributed by atoms with van der Waals surface area (Å²) in [6, 6.07) is 0.631. The number of hydrogen-bond acceptors (Lipinski definition) is 3. The smallest absolute Gasteiger partial charge is 0.308 e. The van der Waals surface area contributed by atoms with Crippen LogP contribution in [0.2, 0.25) is 0 Å². The van der Waals surface area contributed by atoms with Gasteiger partial charge in [-0.3, -0.25) is 14.5 Å². The second kappa shape index (κ2) is 7.62. The zero-order chi connectivity index (χ0) is 15.3. The fraction of sp³-hybridized carbons (Fsp3) is 0.867. The molecule has 4 atom stereocenters. The first-order chi connectivity index (χ1) is 9.38. The Kier molecular flexibility index (Phi) is 6.46. The predicted molar refractivity (Wildman–Crippen MR) is 78.5 cm³/mol. The van der Waals surface area contributed by atoms with Gasteiger partial charge in [-0.15, -0.1) is 0 Å². The summed E-state index contributed by atoms with van der Waals surface area (Å²) in [4.78, 5) is 25.5. The first-order valence-corrected chi connectivity index (χ1v) is 7.66. The summed E-state index contributed by atoms with van der Waals surface area (Å²) in [7, 11) is 0. The van der Waals surface area contributed by atoms with Crippen molar-refractivity contribution in [2.75, 3.05) is 6.54 Å². The summed E-state index contributed by atoms with van der Waals surface area (Å²) in [5, 5.41) is 11.9. The molecule has 1 aliphatic heterocycles. The van der Waals surface area contributed by atoms with E-state index in [0.29, 0.717) is 18.5 Å². The van der Waals surface area contributed by atoms with Crippen LogP contribution in [0, 0.1) is 5.92 Å². The summed E-state index contributed by atoms with van der Waals surface area (Å²) in [5.74, 6) is -1.37. The molecular weight excluding hydrogens is 256 g/mol. The molecule has 0 bridgehead atoms. The molecule has 2 N–H and O–H groups in total. The molecule has 0 radical (unpaired) electrons. The van der Waals surface area contributed by atoms with Crippen molar-refractivity contribution in [3.05, 3.63) is 0 Å². The fourth-order valence-electron chi connectivity index (χ4n) is 3.15. The topological polar surface area (TPSA) is 69.6 Å². The lowest BCUT2D eigenvalue weighted by Crippen LogP contribution is -2.50. The molecule has 1 heterocycles. The van der Waals surface area contributed by atoms with E-state index in [1.54, 1.807) is 0 Å². The molecule has 1 amide bonds. The monoisotopic (exact) mass is 284 g/mol. The molecule has 0 aromatic heterocycles. The minimum Gasteiger partial charge on any atom is -0.481 e. The largest absolute Gasteiger partial charge is 0.481 e. The van der Waals surface area contributed by atoms with Gasteiger partial charge >= 0.3 is 5.97 Å². The zero-order valence-corrected chi connectivity index (χ0v) is 13.1. The third-order valence-electron chi connectivity index (χ3n) is 4.36. The number of carboxylic acid groups (broad SMARTS) is 1. The van der Waals surface area contributed by atoms with E-state index < -0.39 is 11.9 Å². The number of likely N-dealkylation sites (tertiary alicyclic amines) is 1. The van der Waals surface area contributed by atoms with E-state index in [9.17, 15) is 9.59 Å². The molecule has 1 aliphatic rings. The Bertz CT molecular complexity index is 336. The highest BCUT2D eigenvalue weighted by Gasteiger charge is 2.34. The first kappa shape index (κ1) is 17.0. The number of amides is 1. The first-order valence-electron chi connectivity index (χ1n) is 7.66.